The third-order valence-corrected chi connectivity index (χ3v) is 2.45. The molecular formula is C13H16N4O2. The van der Waals surface area contributed by atoms with Crippen LogP contribution in [0.1, 0.15) is 11.4 Å². The van der Waals surface area contributed by atoms with Gasteiger partial charge in [-0.25, -0.2) is 4.98 Å². The van der Waals surface area contributed by atoms with E-state index in [1.54, 1.807) is 32.7 Å². The maximum absolute atomic E-state index is 5.14. The molecule has 0 saturated carbocycles. The van der Waals surface area contributed by atoms with Gasteiger partial charge in [-0.2, -0.15) is 4.98 Å². The number of rotatable bonds is 6. The van der Waals surface area contributed by atoms with Crippen LogP contribution in [0.5, 0.6) is 5.88 Å². The van der Waals surface area contributed by atoms with E-state index >= 15 is 0 Å². The van der Waals surface area contributed by atoms with E-state index in [1.165, 1.54) is 0 Å². The summed E-state index contributed by atoms with van der Waals surface area (Å²) in [4.78, 5) is 12.5. The fourth-order valence-electron chi connectivity index (χ4n) is 1.55. The van der Waals surface area contributed by atoms with E-state index in [-0.39, 0.29) is 0 Å². The highest BCUT2D eigenvalue weighted by Gasteiger charge is 2.04. The Morgan fingerprint density at radius 2 is 1.95 bits per heavy atom. The van der Waals surface area contributed by atoms with Crippen molar-refractivity contribution in [1.29, 1.82) is 0 Å². The summed E-state index contributed by atoms with van der Waals surface area (Å²) in [6.45, 7) is 1.01. The van der Waals surface area contributed by atoms with E-state index in [4.69, 9.17) is 9.47 Å². The van der Waals surface area contributed by atoms with Gasteiger partial charge in [0.15, 0.2) is 5.82 Å². The highest BCUT2D eigenvalue weighted by atomic mass is 16.5. The number of hydrogen-bond donors (Lipinski definition) is 1. The van der Waals surface area contributed by atoms with Crippen molar-refractivity contribution in [3.8, 4) is 5.88 Å². The lowest BCUT2D eigenvalue weighted by molar-refractivity contribution is 0.177. The maximum Gasteiger partial charge on any atom is 0.218 e. The summed E-state index contributed by atoms with van der Waals surface area (Å²) < 4.78 is 10.2. The molecule has 0 fully saturated rings. The van der Waals surface area contributed by atoms with Crippen LogP contribution in [-0.4, -0.2) is 29.2 Å². The van der Waals surface area contributed by atoms with Crippen molar-refractivity contribution in [3.05, 3.63) is 42.0 Å². The molecular weight excluding hydrogens is 244 g/mol. The Labute approximate surface area is 111 Å². The van der Waals surface area contributed by atoms with Crippen LogP contribution in [0.4, 0.5) is 5.82 Å². The van der Waals surface area contributed by atoms with E-state index in [9.17, 15) is 0 Å². The average molecular weight is 260 g/mol. The predicted octanol–water partition coefficient (Wildman–Crippen LogP) is 1.64. The van der Waals surface area contributed by atoms with Crippen molar-refractivity contribution in [2.45, 2.75) is 13.2 Å². The number of ether oxygens (including phenoxy) is 2. The monoisotopic (exact) mass is 260 g/mol. The van der Waals surface area contributed by atoms with Gasteiger partial charge in [0, 0.05) is 32.1 Å². The van der Waals surface area contributed by atoms with E-state index in [0.29, 0.717) is 30.7 Å². The first-order valence-electron chi connectivity index (χ1n) is 5.85. The van der Waals surface area contributed by atoms with Crippen molar-refractivity contribution >= 4 is 5.82 Å². The quantitative estimate of drug-likeness (QED) is 0.851. The van der Waals surface area contributed by atoms with Crippen LogP contribution in [0.15, 0.2) is 30.6 Å². The zero-order valence-electron chi connectivity index (χ0n) is 11.0. The minimum Gasteiger partial charge on any atom is -0.481 e. The number of methoxy groups -OCH3 is 2. The van der Waals surface area contributed by atoms with Crippen molar-refractivity contribution < 1.29 is 9.47 Å². The summed E-state index contributed by atoms with van der Waals surface area (Å²) in [5.41, 5.74) is 1.13. The van der Waals surface area contributed by atoms with Crippen LogP contribution in [-0.2, 0) is 17.9 Å². The van der Waals surface area contributed by atoms with Gasteiger partial charge in [0.1, 0.15) is 12.4 Å². The average Bonchev–Trinajstić information content (AvgIpc) is 2.46. The van der Waals surface area contributed by atoms with Crippen LogP contribution < -0.4 is 10.1 Å². The normalized spacial score (nSPS) is 10.2. The molecule has 0 aromatic carbocycles. The van der Waals surface area contributed by atoms with Gasteiger partial charge in [-0.05, 0) is 17.7 Å². The van der Waals surface area contributed by atoms with Crippen LogP contribution in [0.3, 0.4) is 0 Å². The topological polar surface area (TPSA) is 69.2 Å². The number of nitrogens with zero attached hydrogens (tertiary/aromatic N) is 3. The Kier molecular flexibility index (Phi) is 4.63. The lowest BCUT2D eigenvalue weighted by atomic mass is 10.3. The summed E-state index contributed by atoms with van der Waals surface area (Å²) in [5, 5.41) is 3.22. The van der Waals surface area contributed by atoms with Gasteiger partial charge in [0.2, 0.25) is 5.88 Å². The van der Waals surface area contributed by atoms with Crippen molar-refractivity contribution in [2.75, 3.05) is 19.5 Å². The second-order valence-electron chi connectivity index (χ2n) is 3.85. The van der Waals surface area contributed by atoms with Crippen molar-refractivity contribution in [2.24, 2.45) is 0 Å². The van der Waals surface area contributed by atoms with E-state index in [0.717, 1.165) is 5.56 Å². The summed E-state index contributed by atoms with van der Waals surface area (Å²) in [6, 6.07) is 5.64. The summed E-state index contributed by atoms with van der Waals surface area (Å²) >= 11 is 0. The second-order valence-corrected chi connectivity index (χ2v) is 3.85. The number of pyridine rings is 1. The lowest BCUT2D eigenvalue weighted by Gasteiger charge is -2.09. The second kappa shape index (κ2) is 6.65. The van der Waals surface area contributed by atoms with E-state index in [1.807, 2.05) is 12.1 Å². The molecule has 0 spiro atoms. The summed E-state index contributed by atoms with van der Waals surface area (Å²) in [6.07, 6.45) is 3.52. The molecule has 0 bridgehead atoms. The number of aromatic nitrogens is 3. The molecule has 0 radical (unpaired) electrons. The van der Waals surface area contributed by atoms with Gasteiger partial charge in [0.05, 0.1) is 7.11 Å². The Hall–Kier alpha value is -2.21. The zero-order chi connectivity index (χ0) is 13.5. The maximum atomic E-state index is 5.14. The molecule has 6 heteroatoms. The first-order chi connectivity index (χ1) is 9.31. The smallest absolute Gasteiger partial charge is 0.218 e. The van der Waals surface area contributed by atoms with Gasteiger partial charge >= 0.3 is 0 Å². The van der Waals surface area contributed by atoms with Crippen molar-refractivity contribution in [3.63, 3.8) is 0 Å². The number of hydrogen-bond acceptors (Lipinski definition) is 6. The molecule has 2 aromatic rings. The molecule has 19 heavy (non-hydrogen) atoms. The molecule has 6 nitrogen and oxygen atoms in total. The standard InChI is InChI=1S/C13H16N4O2/c1-18-9-12-16-11(7-13(17-12)19-2)15-8-10-3-5-14-6-4-10/h3-7H,8-9H2,1-2H3,(H,15,16,17). The molecule has 0 unspecified atom stereocenters. The highest BCUT2D eigenvalue weighted by Crippen LogP contribution is 2.14. The Balaban J connectivity index is 2.08. The van der Waals surface area contributed by atoms with Crippen LogP contribution in [0, 0.1) is 0 Å². The van der Waals surface area contributed by atoms with Gasteiger partial charge < -0.3 is 14.8 Å². The Bertz CT molecular complexity index is 519. The molecule has 1 N–H and O–H groups in total. The van der Waals surface area contributed by atoms with Gasteiger partial charge in [0.25, 0.3) is 0 Å². The van der Waals surface area contributed by atoms with E-state index < -0.39 is 0 Å². The third-order valence-electron chi connectivity index (χ3n) is 2.45. The molecule has 0 aliphatic rings. The largest absolute Gasteiger partial charge is 0.481 e. The number of nitrogens with one attached hydrogen (secondary N) is 1. The van der Waals surface area contributed by atoms with Crippen LogP contribution >= 0.6 is 0 Å². The molecule has 2 aromatic heterocycles. The molecule has 2 heterocycles. The molecule has 0 amide bonds. The molecule has 2 rings (SSSR count). The Morgan fingerprint density at radius 1 is 1.16 bits per heavy atom. The van der Waals surface area contributed by atoms with Crippen molar-refractivity contribution in [1.82, 2.24) is 15.0 Å². The lowest BCUT2D eigenvalue weighted by Crippen LogP contribution is -2.06. The molecule has 100 valence electrons. The van der Waals surface area contributed by atoms with Gasteiger partial charge in [-0.1, -0.05) is 0 Å². The predicted molar refractivity (Wildman–Crippen MR) is 70.9 cm³/mol. The van der Waals surface area contributed by atoms with Gasteiger partial charge in [-0.15, -0.1) is 0 Å². The first kappa shape index (κ1) is 13.2. The zero-order valence-corrected chi connectivity index (χ0v) is 11.0. The number of anilines is 1. The third kappa shape index (κ3) is 3.89. The van der Waals surface area contributed by atoms with E-state index in [2.05, 4.69) is 20.3 Å². The van der Waals surface area contributed by atoms with Crippen LogP contribution in [0.25, 0.3) is 0 Å². The molecule has 0 aliphatic carbocycles. The summed E-state index contributed by atoms with van der Waals surface area (Å²) in [5.74, 6) is 1.80. The van der Waals surface area contributed by atoms with Gasteiger partial charge in [-0.3, -0.25) is 4.98 Å². The Morgan fingerprint density at radius 3 is 2.63 bits per heavy atom. The van der Waals surface area contributed by atoms with Crippen LogP contribution in [0.2, 0.25) is 0 Å². The highest BCUT2D eigenvalue weighted by molar-refractivity contribution is 5.39. The summed E-state index contributed by atoms with van der Waals surface area (Å²) in [7, 11) is 3.18. The first-order valence-corrected chi connectivity index (χ1v) is 5.85. The molecule has 0 atom stereocenters. The minimum absolute atomic E-state index is 0.348. The molecule has 0 aliphatic heterocycles. The fourth-order valence-corrected chi connectivity index (χ4v) is 1.55. The fraction of sp³-hybridized carbons (Fsp3) is 0.308. The minimum atomic E-state index is 0.348. The SMILES string of the molecule is COCc1nc(NCc2ccncc2)cc(OC)n1. The molecule has 0 saturated heterocycles.